The van der Waals surface area contributed by atoms with Crippen LogP contribution in [0.15, 0.2) is 66.7 Å². The third kappa shape index (κ3) is 6.31. The molecule has 1 aliphatic rings. The molecular weight excluding hydrogens is 503 g/mol. The van der Waals surface area contributed by atoms with Crippen LogP contribution in [0.5, 0.6) is 0 Å². The molecule has 0 aromatic heterocycles. The molecule has 1 aliphatic heterocycles. The SMILES string of the molecule is Cc1ccc(C(=O)N2CCN(c3ccc(NC(=S)NC(=O)c4cc(Cl)ccc4Cl)cc3)CC2)cc1. The average molecular weight is 527 g/mol. The van der Waals surface area contributed by atoms with Gasteiger partial charge in [-0.1, -0.05) is 40.9 Å². The maximum absolute atomic E-state index is 12.7. The van der Waals surface area contributed by atoms with E-state index in [1.54, 1.807) is 12.1 Å². The molecule has 3 aromatic rings. The molecule has 6 nitrogen and oxygen atoms in total. The zero-order valence-corrected chi connectivity index (χ0v) is 21.4. The molecule has 180 valence electrons. The number of carbonyl (C=O) groups excluding carboxylic acids is 2. The van der Waals surface area contributed by atoms with Crippen LogP contribution in [-0.4, -0.2) is 48.0 Å². The van der Waals surface area contributed by atoms with Crippen LogP contribution in [0.25, 0.3) is 0 Å². The maximum Gasteiger partial charge on any atom is 0.258 e. The van der Waals surface area contributed by atoms with E-state index in [1.165, 1.54) is 6.07 Å². The summed E-state index contributed by atoms with van der Waals surface area (Å²) in [6, 6.07) is 20.1. The van der Waals surface area contributed by atoms with E-state index in [0.29, 0.717) is 23.1 Å². The van der Waals surface area contributed by atoms with Gasteiger partial charge < -0.3 is 15.1 Å². The fraction of sp³-hybridized carbons (Fsp3) is 0.192. The van der Waals surface area contributed by atoms with Gasteiger partial charge in [-0.05, 0) is 73.7 Å². The van der Waals surface area contributed by atoms with Crippen molar-refractivity contribution in [2.24, 2.45) is 0 Å². The first kappa shape index (κ1) is 25.0. The van der Waals surface area contributed by atoms with Gasteiger partial charge in [-0.15, -0.1) is 0 Å². The van der Waals surface area contributed by atoms with E-state index in [4.69, 9.17) is 35.4 Å². The number of rotatable bonds is 4. The summed E-state index contributed by atoms with van der Waals surface area (Å²) in [4.78, 5) is 29.3. The van der Waals surface area contributed by atoms with Gasteiger partial charge in [-0.3, -0.25) is 14.9 Å². The number of halogens is 2. The standard InChI is InChI=1S/C26H24Cl2N4O2S/c1-17-2-4-18(5-3-17)25(34)32-14-12-31(13-15-32)21-9-7-20(8-10-21)29-26(35)30-24(33)22-16-19(27)6-11-23(22)28/h2-11,16H,12-15H2,1H3,(H2,29,30,33,35). The highest BCUT2D eigenvalue weighted by Gasteiger charge is 2.22. The Balaban J connectivity index is 1.29. The zero-order valence-electron chi connectivity index (χ0n) is 19.1. The van der Waals surface area contributed by atoms with Crippen molar-refractivity contribution in [1.82, 2.24) is 10.2 Å². The molecule has 1 saturated heterocycles. The minimum absolute atomic E-state index is 0.0684. The summed E-state index contributed by atoms with van der Waals surface area (Å²) >= 11 is 17.3. The number of carbonyl (C=O) groups is 2. The molecule has 2 amide bonds. The second-order valence-corrected chi connectivity index (χ2v) is 9.48. The van der Waals surface area contributed by atoms with Crippen molar-refractivity contribution < 1.29 is 9.59 Å². The van der Waals surface area contributed by atoms with Crippen molar-refractivity contribution in [3.63, 3.8) is 0 Å². The number of anilines is 2. The molecule has 4 rings (SSSR count). The summed E-state index contributed by atoms with van der Waals surface area (Å²) in [5, 5.41) is 6.47. The predicted molar refractivity (Wildman–Crippen MR) is 146 cm³/mol. The molecule has 0 bridgehead atoms. The lowest BCUT2D eigenvalue weighted by Gasteiger charge is -2.36. The third-order valence-electron chi connectivity index (χ3n) is 5.76. The minimum Gasteiger partial charge on any atom is -0.368 e. The lowest BCUT2D eigenvalue weighted by molar-refractivity contribution is 0.0746. The highest BCUT2D eigenvalue weighted by atomic mass is 35.5. The number of hydrogen-bond acceptors (Lipinski definition) is 4. The van der Waals surface area contributed by atoms with E-state index in [1.807, 2.05) is 60.4 Å². The monoisotopic (exact) mass is 526 g/mol. The molecule has 0 unspecified atom stereocenters. The predicted octanol–water partition coefficient (Wildman–Crippen LogP) is 5.39. The molecule has 0 atom stereocenters. The number of benzene rings is 3. The van der Waals surface area contributed by atoms with Gasteiger partial charge in [0.15, 0.2) is 5.11 Å². The molecule has 1 heterocycles. The van der Waals surface area contributed by atoms with Gasteiger partial charge in [0.05, 0.1) is 10.6 Å². The highest BCUT2D eigenvalue weighted by molar-refractivity contribution is 7.80. The summed E-state index contributed by atoms with van der Waals surface area (Å²) in [5.74, 6) is -0.372. The van der Waals surface area contributed by atoms with E-state index in [2.05, 4.69) is 15.5 Å². The summed E-state index contributed by atoms with van der Waals surface area (Å²) in [6.07, 6.45) is 0. The van der Waals surface area contributed by atoms with Crippen LogP contribution in [0, 0.1) is 6.92 Å². The number of nitrogens with zero attached hydrogens (tertiary/aromatic N) is 2. The second kappa shape index (κ2) is 11.1. The van der Waals surface area contributed by atoms with Gasteiger partial charge in [0.25, 0.3) is 11.8 Å². The second-order valence-electron chi connectivity index (χ2n) is 8.22. The fourth-order valence-electron chi connectivity index (χ4n) is 3.81. The smallest absolute Gasteiger partial charge is 0.258 e. The van der Waals surface area contributed by atoms with Crippen LogP contribution in [0.3, 0.4) is 0 Å². The summed E-state index contributed by atoms with van der Waals surface area (Å²) in [7, 11) is 0. The highest BCUT2D eigenvalue weighted by Crippen LogP contribution is 2.22. The summed E-state index contributed by atoms with van der Waals surface area (Å²) in [6.45, 7) is 4.83. The number of piperazine rings is 1. The third-order valence-corrected chi connectivity index (χ3v) is 6.52. The molecule has 0 radical (unpaired) electrons. The van der Waals surface area contributed by atoms with Crippen molar-refractivity contribution >= 4 is 63.7 Å². The van der Waals surface area contributed by atoms with Crippen molar-refractivity contribution in [3.8, 4) is 0 Å². The van der Waals surface area contributed by atoms with Crippen LogP contribution >= 0.6 is 35.4 Å². The number of hydrogen-bond donors (Lipinski definition) is 2. The Hall–Kier alpha value is -3.13. The van der Waals surface area contributed by atoms with Crippen molar-refractivity contribution in [1.29, 1.82) is 0 Å². The first-order valence-corrected chi connectivity index (χ1v) is 12.2. The molecule has 0 spiro atoms. The zero-order chi connectivity index (χ0) is 24.9. The van der Waals surface area contributed by atoms with E-state index in [9.17, 15) is 9.59 Å². The topological polar surface area (TPSA) is 64.7 Å². The number of amides is 2. The quantitative estimate of drug-likeness (QED) is 0.446. The largest absolute Gasteiger partial charge is 0.368 e. The maximum atomic E-state index is 12.7. The number of nitrogens with one attached hydrogen (secondary N) is 2. The van der Waals surface area contributed by atoms with Gasteiger partial charge >= 0.3 is 0 Å². The number of aryl methyl sites for hydroxylation is 1. The lowest BCUT2D eigenvalue weighted by Crippen LogP contribution is -2.48. The molecule has 2 N–H and O–H groups in total. The van der Waals surface area contributed by atoms with Crippen LogP contribution < -0.4 is 15.5 Å². The Bertz CT molecular complexity index is 1240. The van der Waals surface area contributed by atoms with Crippen molar-refractivity contribution in [2.45, 2.75) is 6.92 Å². The van der Waals surface area contributed by atoms with Gasteiger partial charge in [-0.2, -0.15) is 0 Å². The van der Waals surface area contributed by atoms with Crippen LogP contribution in [0.1, 0.15) is 26.3 Å². The molecule has 1 fully saturated rings. The van der Waals surface area contributed by atoms with Gasteiger partial charge in [-0.25, -0.2) is 0 Å². The first-order chi connectivity index (χ1) is 16.8. The van der Waals surface area contributed by atoms with Crippen molar-refractivity contribution in [3.05, 3.63) is 93.5 Å². The fourth-order valence-corrected chi connectivity index (χ4v) is 4.39. The van der Waals surface area contributed by atoms with Crippen LogP contribution in [0.4, 0.5) is 11.4 Å². The summed E-state index contributed by atoms with van der Waals surface area (Å²) < 4.78 is 0. The minimum atomic E-state index is -0.440. The normalized spacial score (nSPS) is 13.3. The van der Waals surface area contributed by atoms with E-state index >= 15 is 0 Å². The van der Waals surface area contributed by atoms with Crippen LogP contribution in [0.2, 0.25) is 10.0 Å². The van der Waals surface area contributed by atoms with Gasteiger partial charge in [0, 0.05) is 48.1 Å². The molecule has 0 saturated carbocycles. The lowest BCUT2D eigenvalue weighted by atomic mass is 10.1. The van der Waals surface area contributed by atoms with Crippen LogP contribution in [-0.2, 0) is 0 Å². The van der Waals surface area contributed by atoms with E-state index in [-0.39, 0.29) is 16.6 Å². The molecule has 0 aliphatic carbocycles. The molecule has 35 heavy (non-hydrogen) atoms. The van der Waals surface area contributed by atoms with Gasteiger partial charge in [0.2, 0.25) is 0 Å². The van der Waals surface area contributed by atoms with Crippen molar-refractivity contribution in [2.75, 3.05) is 36.4 Å². The Morgan fingerprint density at radius 1 is 0.886 bits per heavy atom. The Labute approximate surface area is 219 Å². The van der Waals surface area contributed by atoms with E-state index in [0.717, 1.165) is 35.6 Å². The Morgan fingerprint density at radius 3 is 2.20 bits per heavy atom. The Morgan fingerprint density at radius 2 is 1.54 bits per heavy atom. The molecular formula is C26H24Cl2N4O2S. The van der Waals surface area contributed by atoms with E-state index < -0.39 is 5.91 Å². The number of thiocarbonyl (C=S) groups is 1. The average Bonchev–Trinajstić information content (AvgIpc) is 2.86. The Kier molecular flexibility index (Phi) is 7.90. The first-order valence-electron chi connectivity index (χ1n) is 11.1. The molecule has 9 heteroatoms. The molecule has 3 aromatic carbocycles. The summed E-state index contributed by atoms with van der Waals surface area (Å²) in [5.41, 5.74) is 3.90. The van der Waals surface area contributed by atoms with Gasteiger partial charge in [0.1, 0.15) is 0 Å².